The number of nitrogen functional groups attached to an aromatic ring is 1. The lowest BCUT2D eigenvalue weighted by atomic mass is 10.1. The Kier molecular flexibility index (Phi) is 3.14. The molecule has 1 aliphatic heterocycles. The standard InChI is InChI=1S/C14H10ClN3O4/c1-22-9-4-6(2-3-8(9)15)18-10(19)5-7-11(12(18)16)14(21)17-13(7)20/h2-5H,16H2,1H3,(H,17,20,21). The van der Waals surface area contributed by atoms with E-state index < -0.39 is 17.4 Å². The Morgan fingerprint density at radius 1 is 1.18 bits per heavy atom. The molecular formula is C14H10ClN3O4. The molecule has 0 aliphatic carbocycles. The fourth-order valence-electron chi connectivity index (χ4n) is 2.33. The highest BCUT2D eigenvalue weighted by molar-refractivity contribution is 6.32. The lowest BCUT2D eigenvalue weighted by molar-refractivity contribution is 0.0880. The number of nitrogens with zero attached hydrogens (tertiary/aromatic N) is 1. The maximum Gasteiger partial charge on any atom is 0.262 e. The molecule has 0 fully saturated rings. The molecule has 1 aromatic heterocycles. The Balaban J connectivity index is 2.30. The minimum Gasteiger partial charge on any atom is -0.495 e. The number of aromatic nitrogens is 1. The van der Waals surface area contributed by atoms with Gasteiger partial charge in [0.1, 0.15) is 11.6 Å². The van der Waals surface area contributed by atoms with Crippen molar-refractivity contribution >= 4 is 29.2 Å². The van der Waals surface area contributed by atoms with Crippen molar-refractivity contribution in [3.05, 3.63) is 50.8 Å². The van der Waals surface area contributed by atoms with E-state index in [1.54, 1.807) is 12.1 Å². The van der Waals surface area contributed by atoms with Gasteiger partial charge >= 0.3 is 0 Å². The fourth-order valence-corrected chi connectivity index (χ4v) is 2.53. The van der Waals surface area contributed by atoms with Crippen molar-refractivity contribution in [2.45, 2.75) is 0 Å². The number of fused-ring (bicyclic) bond motifs is 1. The summed E-state index contributed by atoms with van der Waals surface area (Å²) < 4.78 is 6.22. The summed E-state index contributed by atoms with van der Waals surface area (Å²) in [4.78, 5) is 35.7. The van der Waals surface area contributed by atoms with Gasteiger partial charge in [-0.15, -0.1) is 0 Å². The van der Waals surface area contributed by atoms with Crippen LogP contribution < -0.4 is 21.3 Å². The Bertz CT molecular complexity index is 888. The first kappa shape index (κ1) is 14.2. The van der Waals surface area contributed by atoms with Crippen molar-refractivity contribution < 1.29 is 14.3 Å². The fraction of sp³-hybridized carbons (Fsp3) is 0.0714. The van der Waals surface area contributed by atoms with Crippen LogP contribution in [0.2, 0.25) is 5.02 Å². The summed E-state index contributed by atoms with van der Waals surface area (Å²) in [7, 11) is 1.44. The predicted molar refractivity (Wildman–Crippen MR) is 79.8 cm³/mol. The molecule has 7 nitrogen and oxygen atoms in total. The molecule has 0 saturated heterocycles. The van der Waals surface area contributed by atoms with Gasteiger partial charge in [-0.25, -0.2) is 0 Å². The summed E-state index contributed by atoms with van der Waals surface area (Å²) in [6.07, 6.45) is 0. The van der Waals surface area contributed by atoms with E-state index in [0.29, 0.717) is 16.5 Å². The molecule has 0 radical (unpaired) electrons. The van der Waals surface area contributed by atoms with Crippen molar-refractivity contribution in [2.24, 2.45) is 0 Å². The van der Waals surface area contributed by atoms with Crippen LogP contribution in [0.5, 0.6) is 5.75 Å². The number of nitrogens with one attached hydrogen (secondary N) is 1. The molecule has 2 aromatic rings. The number of hydrogen-bond acceptors (Lipinski definition) is 5. The number of methoxy groups -OCH3 is 1. The summed E-state index contributed by atoms with van der Waals surface area (Å²) in [5.41, 5.74) is 5.72. The van der Waals surface area contributed by atoms with Gasteiger partial charge < -0.3 is 10.5 Å². The molecule has 8 heteroatoms. The first-order chi connectivity index (χ1) is 10.4. The predicted octanol–water partition coefficient (Wildman–Crippen LogP) is 0.965. The third-order valence-corrected chi connectivity index (χ3v) is 3.66. The molecule has 0 bridgehead atoms. The molecule has 1 aromatic carbocycles. The summed E-state index contributed by atoms with van der Waals surface area (Å²) in [6.45, 7) is 0. The van der Waals surface area contributed by atoms with Crippen LogP contribution >= 0.6 is 11.6 Å². The van der Waals surface area contributed by atoms with Crippen molar-refractivity contribution in [1.82, 2.24) is 9.88 Å². The zero-order valence-corrected chi connectivity index (χ0v) is 12.1. The van der Waals surface area contributed by atoms with Gasteiger partial charge in [-0.1, -0.05) is 11.6 Å². The van der Waals surface area contributed by atoms with Gasteiger partial charge in [-0.05, 0) is 12.1 Å². The minimum absolute atomic E-state index is 0.0153. The van der Waals surface area contributed by atoms with E-state index in [1.807, 2.05) is 0 Å². The second kappa shape index (κ2) is 4.88. The molecule has 3 rings (SSSR count). The largest absolute Gasteiger partial charge is 0.495 e. The van der Waals surface area contributed by atoms with Crippen molar-refractivity contribution in [1.29, 1.82) is 0 Å². The van der Waals surface area contributed by atoms with Crippen LogP contribution in [0.3, 0.4) is 0 Å². The van der Waals surface area contributed by atoms with Gasteiger partial charge in [-0.3, -0.25) is 24.3 Å². The highest BCUT2D eigenvalue weighted by Crippen LogP contribution is 2.28. The van der Waals surface area contributed by atoms with Crippen LogP contribution in [0.15, 0.2) is 29.1 Å². The van der Waals surface area contributed by atoms with Crippen LogP contribution in [0, 0.1) is 0 Å². The van der Waals surface area contributed by atoms with E-state index in [9.17, 15) is 14.4 Å². The second-order valence-corrected chi connectivity index (χ2v) is 5.00. The topological polar surface area (TPSA) is 103 Å². The number of carbonyl (C=O) groups excluding carboxylic acids is 2. The maximum atomic E-state index is 12.3. The van der Waals surface area contributed by atoms with Gasteiger partial charge in [0.05, 0.1) is 28.9 Å². The van der Waals surface area contributed by atoms with E-state index in [4.69, 9.17) is 22.1 Å². The highest BCUT2D eigenvalue weighted by Gasteiger charge is 2.31. The molecule has 0 spiro atoms. The number of carbonyl (C=O) groups is 2. The number of pyridine rings is 1. The number of benzene rings is 1. The van der Waals surface area contributed by atoms with E-state index in [1.165, 1.54) is 13.2 Å². The van der Waals surface area contributed by atoms with Crippen LogP contribution in [0.4, 0.5) is 5.82 Å². The molecule has 0 unspecified atom stereocenters. The molecule has 1 aliphatic rings. The molecular weight excluding hydrogens is 310 g/mol. The quantitative estimate of drug-likeness (QED) is 0.803. The van der Waals surface area contributed by atoms with Crippen LogP contribution in [-0.4, -0.2) is 23.5 Å². The number of ether oxygens (including phenoxy) is 1. The summed E-state index contributed by atoms with van der Waals surface area (Å²) in [5, 5.41) is 2.47. The third kappa shape index (κ3) is 1.94. The first-order valence-electron chi connectivity index (χ1n) is 6.19. The number of rotatable bonds is 2. The van der Waals surface area contributed by atoms with Crippen LogP contribution in [0.1, 0.15) is 20.7 Å². The Labute approximate surface area is 129 Å². The van der Waals surface area contributed by atoms with E-state index in [-0.39, 0.29) is 16.9 Å². The zero-order valence-electron chi connectivity index (χ0n) is 11.3. The van der Waals surface area contributed by atoms with Crippen molar-refractivity contribution in [2.75, 3.05) is 12.8 Å². The lowest BCUT2D eigenvalue weighted by Gasteiger charge is -2.13. The number of nitrogens with two attached hydrogens (primary N) is 1. The van der Waals surface area contributed by atoms with Crippen molar-refractivity contribution in [3.63, 3.8) is 0 Å². The molecule has 0 atom stereocenters. The Morgan fingerprint density at radius 3 is 2.59 bits per heavy atom. The van der Waals surface area contributed by atoms with Gasteiger partial charge in [-0.2, -0.15) is 0 Å². The number of halogens is 1. The summed E-state index contributed by atoms with van der Waals surface area (Å²) in [6, 6.07) is 5.69. The second-order valence-electron chi connectivity index (χ2n) is 4.59. The lowest BCUT2D eigenvalue weighted by Crippen LogP contribution is -2.24. The Hall–Kier alpha value is -2.80. The van der Waals surface area contributed by atoms with Crippen molar-refractivity contribution in [3.8, 4) is 11.4 Å². The normalized spacial score (nSPS) is 13.0. The molecule has 2 amide bonds. The number of amides is 2. The minimum atomic E-state index is -0.635. The van der Waals surface area contributed by atoms with Gasteiger partial charge in [0.15, 0.2) is 0 Å². The molecule has 0 saturated carbocycles. The van der Waals surface area contributed by atoms with E-state index in [0.717, 1.165) is 10.6 Å². The van der Waals surface area contributed by atoms with Gasteiger partial charge in [0, 0.05) is 12.1 Å². The molecule has 3 N–H and O–H groups in total. The monoisotopic (exact) mass is 319 g/mol. The average Bonchev–Trinajstić information content (AvgIpc) is 2.75. The molecule has 2 heterocycles. The number of anilines is 1. The van der Waals surface area contributed by atoms with Crippen LogP contribution in [0.25, 0.3) is 5.69 Å². The summed E-state index contributed by atoms with van der Waals surface area (Å²) in [5.74, 6) is -1.03. The highest BCUT2D eigenvalue weighted by atomic mass is 35.5. The smallest absolute Gasteiger partial charge is 0.262 e. The van der Waals surface area contributed by atoms with E-state index >= 15 is 0 Å². The van der Waals surface area contributed by atoms with Gasteiger partial charge in [0.25, 0.3) is 17.4 Å². The number of imide groups is 1. The molecule has 22 heavy (non-hydrogen) atoms. The Morgan fingerprint density at radius 2 is 1.91 bits per heavy atom. The van der Waals surface area contributed by atoms with Crippen LogP contribution in [-0.2, 0) is 0 Å². The number of hydrogen-bond donors (Lipinski definition) is 2. The first-order valence-corrected chi connectivity index (χ1v) is 6.57. The summed E-state index contributed by atoms with van der Waals surface area (Å²) >= 11 is 5.95. The zero-order chi connectivity index (χ0) is 16.0. The third-order valence-electron chi connectivity index (χ3n) is 3.35. The SMILES string of the molecule is COc1cc(-n2c(N)c3c(cc2=O)C(=O)NC3=O)ccc1Cl. The molecule has 112 valence electrons. The van der Waals surface area contributed by atoms with Gasteiger partial charge in [0.2, 0.25) is 0 Å². The average molecular weight is 320 g/mol. The van der Waals surface area contributed by atoms with E-state index in [2.05, 4.69) is 5.32 Å². The maximum absolute atomic E-state index is 12.3.